The molecule has 0 saturated carbocycles. The SMILES string of the molecule is COc1ccc(F)cc1-c1n[nH]c(CNC(=O)c2cccnc2OC(F)(F)F)n1. The van der Waals surface area contributed by atoms with Gasteiger partial charge in [0.1, 0.15) is 23.0 Å². The van der Waals surface area contributed by atoms with Crippen molar-refractivity contribution in [3.63, 3.8) is 0 Å². The van der Waals surface area contributed by atoms with Crippen molar-refractivity contribution < 1.29 is 31.8 Å². The summed E-state index contributed by atoms with van der Waals surface area (Å²) in [6, 6.07) is 6.23. The Bertz CT molecular complexity index is 1020. The van der Waals surface area contributed by atoms with Crippen LogP contribution in [0.1, 0.15) is 16.2 Å². The van der Waals surface area contributed by atoms with Gasteiger partial charge in [-0.2, -0.15) is 5.10 Å². The number of benzene rings is 1. The van der Waals surface area contributed by atoms with Crippen LogP contribution in [0, 0.1) is 5.82 Å². The molecule has 1 aromatic carbocycles. The average molecular weight is 411 g/mol. The summed E-state index contributed by atoms with van der Waals surface area (Å²) in [5.41, 5.74) is -0.120. The summed E-state index contributed by atoms with van der Waals surface area (Å²) in [6.07, 6.45) is -3.93. The molecular weight excluding hydrogens is 398 g/mol. The van der Waals surface area contributed by atoms with Gasteiger partial charge in [0, 0.05) is 6.20 Å². The fraction of sp³-hybridized carbons (Fsp3) is 0.176. The van der Waals surface area contributed by atoms with E-state index in [0.29, 0.717) is 5.75 Å². The number of rotatable bonds is 6. The van der Waals surface area contributed by atoms with E-state index in [4.69, 9.17) is 4.74 Å². The molecule has 0 bridgehead atoms. The largest absolute Gasteiger partial charge is 0.574 e. The number of carbonyl (C=O) groups is 1. The Hall–Kier alpha value is -3.70. The summed E-state index contributed by atoms with van der Waals surface area (Å²) in [4.78, 5) is 19.8. The lowest BCUT2D eigenvalue weighted by Crippen LogP contribution is -2.26. The molecule has 2 N–H and O–H groups in total. The summed E-state index contributed by atoms with van der Waals surface area (Å²) in [6.45, 7) is -0.191. The molecule has 12 heteroatoms. The third-order valence-electron chi connectivity index (χ3n) is 3.58. The quantitative estimate of drug-likeness (QED) is 0.605. The molecule has 152 valence electrons. The van der Waals surface area contributed by atoms with E-state index in [9.17, 15) is 22.4 Å². The van der Waals surface area contributed by atoms with Crippen LogP contribution in [0.15, 0.2) is 36.5 Å². The predicted molar refractivity (Wildman–Crippen MR) is 90.4 cm³/mol. The molecule has 3 rings (SSSR count). The summed E-state index contributed by atoms with van der Waals surface area (Å²) in [5.74, 6) is -1.62. The minimum Gasteiger partial charge on any atom is -0.496 e. The fourth-order valence-corrected chi connectivity index (χ4v) is 2.36. The molecular formula is C17H13F4N5O3. The molecule has 0 aliphatic heterocycles. The highest BCUT2D eigenvalue weighted by molar-refractivity contribution is 5.96. The number of methoxy groups -OCH3 is 1. The Morgan fingerprint density at radius 1 is 1.28 bits per heavy atom. The standard InChI is InChI=1S/C17H13F4N5O3/c1-28-12-5-4-9(18)7-11(12)14-24-13(25-26-14)8-23-15(27)10-3-2-6-22-16(10)29-17(19,20)21/h2-7H,8H2,1H3,(H,23,27)(H,24,25,26). The summed E-state index contributed by atoms with van der Waals surface area (Å²) >= 11 is 0. The van der Waals surface area contributed by atoms with Gasteiger partial charge >= 0.3 is 6.36 Å². The smallest absolute Gasteiger partial charge is 0.496 e. The molecule has 0 unspecified atom stereocenters. The summed E-state index contributed by atoms with van der Waals surface area (Å²) in [5, 5.41) is 8.87. The number of hydrogen-bond acceptors (Lipinski definition) is 6. The van der Waals surface area contributed by atoms with Crippen LogP contribution >= 0.6 is 0 Å². The number of H-pyrrole nitrogens is 1. The van der Waals surface area contributed by atoms with Crippen LogP contribution in [0.4, 0.5) is 17.6 Å². The van der Waals surface area contributed by atoms with Gasteiger partial charge in [0.25, 0.3) is 5.91 Å². The van der Waals surface area contributed by atoms with Gasteiger partial charge < -0.3 is 14.8 Å². The van der Waals surface area contributed by atoms with Crippen molar-refractivity contribution >= 4 is 5.91 Å². The maximum Gasteiger partial charge on any atom is 0.574 e. The second-order valence-electron chi connectivity index (χ2n) is 5.54. The van der Waals surface area contributed by atoms with Crippen molar-refractivity contribution in [1.29, 1.82) is 0 Å². The van der Waals surface area contributed by atoms with Crippen LogP contribution in [0.2, 0.25) is 0 Å². The van der Waals surface area contributed by atoms with Gasteiger partial charge in [0.2, 0.25) is 5.88 Å². The Kier molecular flexibility index (Phi) is 5.61. The fourth-order valence-electron chi connectivity index (χ4n) is 2.36. The molecule has 1 amide bonds. The Balaban J connectivity index is 1.73. The van der Waals surface area contributed by atoms with E-state index in [2.05, 4.69) is 30.2 Å². The van der Waals surface area contributed by atoms with Crippen LogP contribution in [0.5, 0.6) is 11.6 Å². The zero-order valence-corrected chi connectivity index (χ0v) is 14.7. The molecule has 0 atom stereocenters. The highest BCUT2D eigenvalue weighted by Crippen LogP contribution is 2.28. The third kappa shape index (κ3) is 4.97. The van der Waals surface area contributed by atoms with Gasteiger partial charge in [-0.25, -0.2) is 14.4 Å². The van der Waals surface area contributed by atoms with E-state index in [0.717, 1.165) is 12.3 Å². The highest BCUT2D eigenvalue weighted by Gasteiger charge is 2.33. The average Bonchev–Trinajstić information content (AvgIpc) is 3.14. The van der Waals surface area contributed by atoms with Crippen LogP contribution < -0.4 is 14.8 Å². The summed E-state index contributed by atoms with van der Waals surface area (Å²) in [7, 11) is 1.40. The van der Waals surface area contributed by atoms with Crippen molar-refractivity contribution in [1.82, 2.24) is 25.5 Å². The topological polar surface area (TPSA) is 102 Å². The molecule has 0 fully saturated rings. The zero-order valence-electron chi connectivity index (χ0n) is 14.7. The van der Waals surface area contributed by atoms with Crippen LogP contribution in [0.3, 0.4) is 0 Å². The maximum atomic E-state index is 13.5. The van der Waals surface area contributed by atoms with E-state index < -0.39 is 29.5 Å². The minimum absolute atomic E-state index is 0.119. The minimum atomic E-state index is -4.99. The summed E-state index contributed by atoms with van der Waals surface area (Å²) < 4.78 is 59.7. The number of halogens is 4. The first-order chi connectivity index (χ1) is 13.8. The Morgan fingerprint density at radius 3 is 2.79 bits per heavy atom. The van der Waals surface area contributed by atoms with Gasteiger partial charge in [-0.05, 0) is 30.3 Å². The number of hydrogen-bond donors (Lipinski definition) is 2. The van der Waals surface area contributed by atoms with Crippen LogP contribution in [-0.4, -0.2) is 39.5 Å². The molecule has 2 heterocycles. The van der Waals surface area contributed by atoms with Gasteiger partial charge in [0.05, 0.1) is 19.2 Å². The second kappa shape index (κ2) is 8.12. The molecule has 0 saturated heterocycles. The van der Waals surface area contributed by atoms with Crippen molar-refractivity contribution in [3.05, 3.63) is 53.7 Å². The molecule has 8 nitrogen and oxygen atoms in total. The zero-order chi connectivity index (χ0) is 21.0. The van der Waals surface area contributed by atoms with Crippen molar-refractivity contribution in [3.8, 4) is 23.0 Å². The van der Waals surface area contributed by atoms with E-state index in [1.807, 2.05) is 0 Å². The van der Waals surface area contributed by atoms with Crippen LogP contribution in [-0.2, 0) is 6.54 Å². The number of aromatic nitrogens is 4. The number of ether oxygens (including phenoxy) is 2. The highest BCUT2D eigenvalue weighted by atomic mass is 19.4. The van der Waals surface area contributed by atoms with E-state index in [1.165, 1.54) is 31.4 Å². The lowest BCUT2D eigenvalue weighted by atomic mass is 10.2. The molecule has 3 aromatic rings. The number of amides is 1. The number of nitrogens with zero attached hydrogens (tertiary/aromatic N) is 3. The number of alkyl halides is 3. The van der Waals surface area contributed by atoms with E-state index in [-0.39, 0.29) is 23.8 Å². The predicted octanol–water partition coefficient (Wildman–Crippen LogP) is 2.84. The second-order valence-corrected chi connectivity index (χ2v) is 5.54. The third-order valence-corrected chi connectivity index (χ3v) is 3.58. The maximum absolute atomic E-state index is 13.5. The van der Waals surface area contributed by atoms with Gasteiger partial charge in [-0.3, -0.25) is 9.89 Å². The van der Waals surface area contributed by atoms with Crippen molar-refractivity contribution in [2.75, 3.05) is 7.11 Å². The molecule has 29 heavy (non-hydrogen) atoms. The molecule has 0 aliphatic carbocycles. The van der Waals surface area contributed by atoms with Crippen molar-refractivity contribution in [2.45, 2.75) is 12.9 Å². The van der Waals surface area contributed by atoms with Gasteiger partial charge in [-0.1, -0.05) is 0 Å². The number of nitrogens with one attached hydrogen (secondary N) is 2. The molecule has 0 spiro atoms. The number of aromatic amines is 1. The van der Waals surface area contributed by atoms with E-state index >= 15 is 0 Å². The van der Waals surface area contributed by atoms with Gasteiger partial charge in [-0.15, -0.1) is 13.2 Å². The molecule has 0 radical (unpaired) electrons. The molecule has 2 aromatic heterocycles. The number of pyridine rings is 1. The monoisotopic (exact) mass is 411 g/mol. The first kappa shape index (κ1) is 20.0. The lowest BCUT2D eigenvalue weighted by molar-refractivity contribution is -0.276. The van der Waals surface area contributed by atoms with Crippen molar-refractivity contribution in [2.24, 2.45) is 0 Å². The number of carbonyl (C=O) groups excluding carboxylic acids is 1. The Labute approximate surface area is 160 Å². The van der Waals surface area contributed by atoms with E-state index in [1.54, 1.807) is 0 Å². The Morgan fingerprint density at radius 2 is 2.07 bits per heavy atom. The van der Waals surface area contributed by atoms with Gasteiger partial charge in [0.15, 0.2) is 5.82 Å². The first-order valence-electron chi connectivity index (χ1n) is 8.01. The lowest BCUT2D eigenvalue weighted by Gasteiger charge is -2.11. The molecule has 0 aliphatic rings. The first-order valence-corrected chi connectivity index (χ1v) is 8.01. The van der Waals surface area contributed by atoms with Crippen LogP contribution in [0.25, 0.3) is 11.4 Å². The normalized spacial score (nSPS) is 11.2.